The summed E-state index contributed by atoms with van der Waals surface area (Å²) in [5, 5.41) is 17.1. The molecule has 0 saturated carbocycles. The number of pyridine rings is 2. The standard InChI is InChI=1S/C32H42FN5O5/c1-22(38-19-14-23-8-3-4-11-27(23)31(38)40)30(39)36-28(32(41)42)15-18-37(21-26(20-33)43-2)17-6-5-10-25-13-12-24-9-7-16-34-29(24)35-25/h3-4,8,11-14,19,22,26,28H,5-7,9-10,15-18,20-21H2,1-2H3,(H,34,35)(H,36,39)(H,41,42)/t22?,26-,28+/m1/s1. The number of unbranched alkanes of at least 4 members (excludes halogenated alkanes) is 1. The van der Waals surface area contributed by atoms with Gasteiger partial charge in [-0.25, -0.2) is 14.2 Å². The van der Waals surface area contributed by atoms with Gasteiger partial charge in [-0.2, -0.15) is 0 Å². The number of hydrogen-bond acceptors (Lipinski definition) is 7. The van der Waals surface area contributed by atoms with Crippen molar-refractivity contribution in [2.24, 2.45) is 0 Å². The molecule has 1 aromatic carbocycles. The smallest absolute Gasteiger partial charge is 0.326 e. The third kappa shape index (κ3) is 8.61. The monoisotopic (exact) mass is 595 g/mol. The van der Waals surface area contributed by atoms with Gasteiger partial charge in [0.25, 0.3) is 5.56 Å². The van der Waals surface area contributed by atoms with Crippen molar-refractivity contribution in [3.8, 4) is 0 Å². The first-order chi connectivity index (χ1) is 20.8. The second kappa shape index (κ2) is 15.6. The van der Waals surface area contributed by atoms with Crippen molar-refractivity contribution >= 4 is 28.5 Å². The Labute approximate surface area is 251 Å². The van der Waals surface area contributed by atoms with E-state index in [9.17, 15) is 23.9 Å². The summed E-state index contributed by atoms with van der Waals surface area (Å²) in [7, 11) is 1.45. The molecule has 0 fully saturated rings. The van der Waals surface area contributed by atoms with Crippen LogP contribution in [-0.4, -0.2) is 83.5 Å². The molecule has 2 aromatic heterocycles. The number of benzene rings is 1. The maximum absolute atomic E-state index is 13.5. The molecule has 43 heavy (non-hydrogen) atoms. The minimum atomic E-state index is -1.17. The SMILES string of the molecule is CO[C@H](CF)CN(CCCCc1ccc2c(n1)NCCC2)CC[C@H](NC(=O)C(C)n1ccc2ccccc2c1=O)C(=O)O. The number of alkyl halides is 1. The van der Waals surface area contributed by atoms with Crippen LogP contribution in [0.4, 0.5) is 10.2 Å². The number of nitrogens with one attached hydrogen (secondary N) is 2. The van der Waals surface area contributed by atoms with Crippen molar-refractivity contribution in [3.05, 3.63) is 70.3 Å². The van der Waals surface area contributed by atoms with Gasteiger partial charge in [0.15, 0.2) is 0 Å². The maximum Gasteiger partial charge on any atom is 0.326 e. The van der Waals surface area contributed by atoms with Crippen molar-refractivity contribution in [1.82, 2.24) is 19.8 Å². The Hall–Kier alpha value is -3.83. The highest BCUT2D eigenvalue weighted by molar-refractivity contribution is 5.86. The minimum absolute atomic E-state index is 0.112. The molecule has 0 bridgehead atoms. The molecule has 0 spiro atoms. The number of aromatic nitrogens is 2. The van der Waals surface area contributed by atoms with Crippen LogP contribution in [0, 0.1) is 0 Å². The van der Waals surface area contributed by atoms with Crippen LogP contribution in [0.3, 0.4) is 0 Å². The van der Waals surface area contributed by atoms with E-state index >= 15 is 0 Å². The summed E-state index contributed by atoms with van der Waals surface area (Å²) in [6.45, 7) is 3.09. The van der Waals surface area contributed by atoms with Crippen molar-refractivity contribution in [3.63, 3.8) is 0 Å². The number of methoxy groups -OCH3 is 1. The summed E-state index contributed by atoms with van der Waals surface area (Å²) in [5.74, 6) is -0.771. The predicted molar refractivity (Wildman–Crippen MR) is 164 cm³/mol. The lowest BCUT2D eigenvalue weighted by Gasteiger charge is -2.27. The molecule has 1 amide bonds. The first kappa shape index (κ1) is 32.1. The number of hydrogen-bond donors (Lipinski definition) is 3. The van der Waals surface area contributed by atoms with E-state index in [0.717, 1.165) is 55.5 Å². The number of aliphatic carboxylic acids is 1. The van der Waals surface area contributed by atoms with E-state index in [1.165, 1.54) is 17.2 Å². The molecule has 4 rings (SSSR count). The molecule has 10 nitrogen and oxygen atoms in total. The lowest BCUT2D eigenvalue weighted by molar-refractivity contribution is -0.142. The molecule has 1 aliphatic rings. The Kier molecular flexibility index (Phi) is 11.6. The van der Waals surface area contributed by atoms with Gasteiger partial charge in [0.1, 0.15) is 24.6 Å². The van der Waals surface area contributed by atoms with Gasteiger partial charge >= 0.3 is 5.97 Å². The van der Waals surface area contributed by atoms with Gasteiger partial charge in [-0.1, -0.05) is 24.3 Å². The molecular formula is C32H42FN5O5. The van der Waals surface area contributed by atoms with E-state index in [1.807, 2.05) is 17.0 Å². The van der Waals surface area contributed by atoms with Crippen LogP contribution in [0.15, 0.2) is 53.5 Å². The van der Waals surface area contributed by atoms with Crippen LogP contribution in [0.25, 0.3) is 10.8 Å². The molecule has 1 aliphatic heterocycles. The summed E-state index contributed by atoms with van der Waals surface area (Å²) in [6.07, 6.45) is 5.66. The van der Waals surface area contributed by atoms with E-state index in [0.29, 0.717) is 25.0 Å². The fourth-order valence-electron chi connectivity index (χ4n) is 5.42. The van der Waals surface area contributed by atoms with E-state index < -0.39 is 36.7 Å². The van der Waals surface area contributed by atoms with Gasteiger partial charge in [0.2, 0.25) is 5.91 Å². The second-order valence-corrected chi connectivity index (χ2v) is 11.1. The molecule has 3 aromatic rings. The Morgan fingerprint density at radius 2 is 2.00 bits per heavy atom. The van der Waals surface area contributed by atoms with Crippen molar-refractivity contribution in [2.45, 2.75) is 63.6 Å². The largest absolute Gasteiger partial charge is 0.480 e. The van der Waals surface area contributed by atoms with Crippen molar-refractivity contribution < 1.29 is 23.8 Å². The van der Waals surface area contributed by atoms with Crippen molar-refractivity contribution in [2.75, 3.05) is 45.3 Å². The van der Waals surface area contributed by atoms with Gasteiger partial charge in [-0.05, 0) is 81.1 Å². The summed E-state index contributed by atoms with van der Waals surface area (Å²) >= 11 is 0. The normalized spacial score (nSPS) is 15.0. The van der Waals surface area contributed by atoms with E-state index in [4.69, 9.17) is 9.72 Å². The van der Waals surface area contributed by atoms with Gasteiger partial charge in [-0.15, -0.1) is 0 Å². The van der Waals surface area contributed by atoms with Gasteiger partial charge in [-0.3, -0.25) is 9.59 Å². The summed E-state index contributed by atoms with van der Waals surface area (Å²) in [6, 6.07) is 11.0. The number of ether oxygens (including phenoxy) is 1. The third-order valence-corrected chi connectivity index (χ3v) is 8.06. The lowest BCUT2D eigenvalue weighted by Crippen LogP contribution is -2.47. The number of halogens is 1. The van der Waals surface area contributed by atoms with Crippen LogP contribution >= 0.6 is 0 Å². The zero-order chi connectivity index (χ0) is 30.8. The highest BCUT2D eigenvalue weighted by atomic mass is 19.1. The van der Waals surface area contributed by atoms with E-state index in [2.05, 4.69) is 22.8 Å². The highest BCUT2D eigenvalue weighted by Crippen LogP contribution is 2.20. The number of nitrogens with zero attached hydrogens (tertiary/aromatic N) is 3. The zero-order valence-corrected chi connectivity index (χ0v) is 24.9. The van der Waals surface area contributed by atoms with Crippen LogP contribution in [0.2, 0.25) is 0 Å². The average Bonchev–Trinajstić information content (AvgIpc) is 3.02. The number of amides is 1. The number of anilines is 1. The molecule has 3 N–H and O–H groups in total. The number of aryl methyl sites for hydroxylation is 2. The minimum Gasteiger partial charge on any atom is -0.480 e. The number of carbonyl (C=O) groups excluding carboxylic acids is 1. The van der Waals surface area contributed by atoms with E-state index in [1.54, 1.807) is 31.3 Å². The quantitative estimate of drug-likeness (QED) is 0.215. The van der Waals surface area contributed by atoms with E-state index in [-0.39, 0.29) is 12.0 Å². The Balaban J connectivity index is 1.34. The fourth-order valence-corrected chi connectivity index (χ4v) is 5.42. The molecule has 0 radical (unpaired) electrons. The first-order valence-corrected chi connectivity index (χ1v) is 15.0. The van der Waals surface area contributed by atoms with Crippen LogP contribution < -0.4 is 16.2 Å². The number of carboxylic acid groups (broad SMARTS) is 1. The summed E-state index contributed by atoms with van der Waals surface area (Å²) in [4.78, 5) is 44.9. The Bertz CT molecular complexity index is 1440. The lowest BCUT2D eigenvalue weighted by atomic mass is 10.1. The second-order valence-electron chi connectivity index (χ2n) is 11.1. The fraction of sp³-hybridized carbons (Fsp3) is 0.500. The Morgan fingerprint density at radius 3 is 2.77 bits per heavy atom. The molecule has 1 unspecified atom stereocenters. The van der Waals surface area contributed by atoms with Gasteiger partial charge < -0.3 is 29.9 Å². The summed E-state index contributed by atoms with van der Waals surface area (Å²) in [5.41, 5.74) is 1.95. The van der Waals surface area contributed by atoms with Crippen LogP contribution in [0.5, 0.6) is 0 Å². The maximum atomic E-state index is 13.5. The highest BCUT2D eigenvalue weighted by Gasteiger charge is 2.26. The molecule has 0 aliphatic carbocycles. The third-order valence-electron chi connectivity index (χ3n) is 8.06. The topological polar surface area (TPSA) is 126 Å². The zero-order valence-electron chi connectivity index (χ0n) is 24.9. The number of rotatable bonds is 16. The van der Waals surface area contributed by atoms with Crippen molar-refractivity contribution in [1.29, 1.82) is 0 Å². The summed E-state index contributed by atoms with van der Waals surface area (Å²) < 4.78 is 20.1. The predicted octanol–water partition coefficient (Wildman–Crippen LogP) is 3.58. The molecule has 3 heterocycles. The van der Waals surface area contributed by atoms with Crippen LogP contribution in [0.1, 0.15) is 49.9 Å². The molecule has 232 valence electrons. The van der Waals surface area contributed by atoms with Gasteiger partial charge in [0.05, 0.1) is 6.10 Å². The number of fused-ring (bicyclic) bond motifs is 2. The molecule has 0 saturated heterocycles. The average molecular weight is 596 g/mol. The molecular weight excluding hydrogens is 553 g/mol. The van der Waals surface area contributed by atoms with Crippen LogP contribution in [-0.2, 0) is 27.2 Å². The molecule has 3 atom stereocenters. The number of carbonyl (C=O) groups is 2. The first-order valence-electron chi connectivity index (χ1n) is 15.0. The molecule has 11 heteroatoms. The van der Waals surface area contributed by atoms with Gasteiger partial charge in [0, 0.05) is 44.0 Å². The number of carboxylic acids is 1. The Morgan fingerprint density at radius 1 is 1.19 bits per heavy atom.